The molecule has 142 valence electrons. The summed E-state index contributed by atoms with van der Waals surface area (Å²) in [5, 5.41) is 0. The summed E-state index contributed by atoms with van der Waals surface area (Å²) in [6.07, 6.45) is -22.8. The molecule has 0 saturated heterocycles. The first-order valence-corrected chi connectivity index (χ1v) is 6.24. The van der Waals surface area contributed by atoms with Gasteiger partial charge in [0.25, 0.3) is 5.67 Å². The SMILES string of the molecule is C=CC(=O)OCCCC(CC(F)(C(F)(F)F)C(F)(F)F)C(F)(F)F. The van der Waals surface area contributed by atoms with Gasteiger partial charge in [-0.15, -0.1) is 0 Å². The molecule has 24 heavy (non-hydrogen) atoms. The van der Waals surface area contributed by atoms with E-state index in [9.17, 15) is 48.7 Å². The van der Waals surface area contributed by atoms with Crippen LogP contribution in [0.25, 0.3) is 0 Å². The van der Waals surface area contributed by atoms with Crippen molar-refractivity contribution in [2.24, 2.45) is 5.92 Å². The number of carbonyl (C=O) groups excluding carboxylic acids is 1. The van der Waals surface area contributed by atoms with Gasteiger partial charge in [0.05, 0.1) is 12.5 Å². The van der Waals surface area contributed by atoms with Crippen molar-refractivity contribution in [1.29, 1.82) is 0 Å². The molecule has 0 rings (SSSR count). The Morgan fingerprint density at radius 2 is 1.42 bits per heavy atom. The molecule has 0 aromatic rings. The lowest BCUT2D eigenvalue weighted by atomic mass is 9.87. The Balaban J connectivity index is 5.19. The van der Waals surface area contributed by atoms with Crippen LogP contribution in [0.5, 0.6) is 0 Å². The summed E-state index contributed by atoms with van der Waals surface area (Å²) in [5.74, 6) is -4.27. The molecule has 2 nitrogen and oxygen atoms in total. The number of alkyl halides is 10. The fraction of sp³-hybridized carbons (Fsp3) is 0.750. The second-order valence-electron chi connectivity index (χ2n) is 4.75. The van der Waals surface area contributed by atoms with Crippen LogP contribution in [0.1, 0.15) is 19.3 Å². The van der Waals surface area contributed by atoms with Crippen LogP contribution >= 0.6 is 0 Å². The second kappa shape index (κ2) is 7.60. The summed E-state index contributed by atoms with van der Waals surface area (Å²) in [4.78, 5) is 10.6. The summed E-state index contributed by atoms with van der Waals surface area (Å²) in [6.45, 7) is 2.26. The maximum atomic E-state index is 13.4. The average Bonchev–Trinajstić information content (AvgIpc) is 2.37. The van der Waals surface area contributed by atoms with E-state index < -0.39 is 62.0 Å². The maximum Gasteiger partial charge on any atom is 0.431 e. The van der Waals surface area contributed by atoms with Gasteiger partial charge in [0.2, 0.25) is 0 Å². The monoisotopic (exact) mass is 378 g/mol. The van der Waals surface area contributed by atoms with Crippen molar-refractivity contribution in [2.45, 2.75) is 43.5 Å². The van der Waals surface area contributed by atoms with Gasteiger partial charge >= 0.3 is 24.5 Å². The molecule has 0 N–H and O–H groups in total. The highest BCUT2D eigenvalue weighted by Gasteiger charge is 2.73. The second-order valence-corrected chi connectivity index (χ2v) is 4.75. The van der Waals surface area contributed by atoms with E-state index in [1.54, 1.807) is 0 Å². The minimum atomic E-state index is -6.57. The summed E-state index contributed by atoms with van der Waals surface area (Å²) in [5.41, 5.74) is -6.00. The Labute approximate surface area is 129 Å². The van der Waals surface area contributed by atoms with Crippen LogP contribution in [0.15, 0.2) is 12.7 Å². The van der Waals surface area contributed by atoms with E-state index in [0.717, 1.165) is 0 Å². The highest BCUT2D eigenvalue weighted by atomic mass is 19.4. The first-order chi connectivity index (χ1) is 10.6. The topological polar surface area (TPSA) is 26.3 Å². The van der Waals surface area contributed by atoms with E-state index in [0.29, 0.717) is 6.08 Å². The maximum absolute atomic E-state index is 13.4. The van der Waals surface area contributed by atoms with Crippen molar-refractivity contribution in [1.82, 2.24) is 0 Å². The van der Waals surface area contributed by atoms with Crippen LogP contribution < -0.4 is 0 Å². The Morgan fingerprint density at radius 1 is 0.958 bits per heavy atom. The molecule has 1 atom stereocenters. The van der Waals surface area contributed by atoms with Crippen molar-refractivity contribution in [2.75, 3.05) is 6.61 Å². The van der Waals surface area contributed by atoms with Crippen molar-refractivity contribution >= 4 is 5.97 Å². The van der Waals surface area contributed by atoms with Crippen LogP contribution in [-0.4, -0.2) is 36.8 Å². The Bertz CT molecular complexity index is 421. The van der Waals surface area contributed by atoms with E-state index in [1.807, 2.05) is 0 Å². The molecule has 0 aliphatic rings. The smallest absolute Gasteiger partial charge is 0.431 e. The lowest BCUT2D eigenvalue weighted by Crippen LogP contribution is -2.55. The third-order valence-electron chi connectivity index (χ3n) is 3.00. The van der Waals surface area contributed by atoms with E-state index in [4.69, 9.17) is 0 Å². The Kier molecular flexibility index (Phi) is 7.13. The third-order valence-corrected chi connectivity index (χ3v) is 3.00. The number of esters is 1. The molecular weight excluding hydrogens is 366 g/mol. The zero-order valence-electron chi connectivity index (χ0n) is 11.8. The number of halogens is 10. The van der Waals surface area contributed by atoms with Gasteiger partial charge in [-0.25, -0.2) is 9.18 Å². The Hall–Kier alpha value is -1.49. The van der Waals surface area contributed by atoms with Gasteiger partial charge in [-0.05, 0) is 12.8 Å². The van der Waals surface area contributed by atoms with Gasteiger partial charge in [0.15, 0.2) is 0 Å². The normalized spacial score (nSPS) is 15.1. The quantitative estimate of drug-likeness (QED) is 0.273. The largest absolute Gasteiger partial charge is 0.463 e. The molecule has 0 amide bonds. The zero-order valence-corrected chi connectivity index (χ0v) is 11.8. The fourth-order valence-corrected chi connectivity index (χ4v) is 1.67. The molecule has 0 saturated carbocycles. The number of hydrogen-bond acceptors (Lipinski definition) is 2. The van der Waals surface area contributed by atoms with Crippen molar-refractivity contribution < 1.29 is 53.4 Å². The van der Waals surface area contributed by atoms with Gasteiger partial charge in [0.1, 0.15) is 0 Å². The van der Waals surface area contributed by atoms with Crippen LogP contribution in [0.4, 0.5) is 43.9 Å². The minimum absolute atomic E-state index is 0.654. The van der Waals surface area contributed by atoms with Gasteiger partial charge in [-0.1, -0.05) is 6.58 Å². The molecule has 0 bridgehead atoms. The van der Waals surface area contributed by atoms with Crippen LogP contribution in [0.3, 0.4) is 0 Å². The van der Waals surface area contributed by atoms with Gasteiger partial charge in [0, 0.05) is 12.5 Å². The molecule has 0 aromatic heterocycles. The minimum Gasteiger partial charge on any atom is -0.463 e. The number of hydrogen-bond donors (Lipinski definition) is 0. The zero-order chi connectivity index (χ0) is 19.4. The predicted octanol–water partition coefficient (Wildman–Crippen LogP) is 4.90. The number of ether oxygens (including phenoxy) is 1. The van der Waals surface area contributed by atoms with Crippen LogP contribution in [-0.2, 0) is 9.53 Å². The van der Waals surface area contributed by atoms with Gasteiger partial charge in [-0.3, -0.25) is 0 Å². The average molecular weight is 378 g/mol. The molecule has 0 radical (unpaired) electrons. The van der Waals surface area contributed by atoms with Gasteiger partial charge < -0.3 is 4.74 Å². The van der Waals surface area contributed by atoms with Gasteiger partial charge in [-0.2, -0.15) is 39.5 Å². The highest BCUT2D eigenvalue weighted by Crippen LogP contribution is 2.52. The molecule has 0 aliphatic heterocycles. The lowest BCUT2D eigenvalue weighted by molar-refractivity contribution is -0.352. The highest BCUT2D eigenvalue weighted by molar-refractivity contribution is 5.81. The summed E-state index contributed by atoms with van der Waals surface area (Å²) in [7, 11) is 0. The van der Waals surface area contributed by atoms with Crippen LogP contribution in [0, 0.1) is 5.92 Å². The standard InChI is InChI=1S/C12H12F10O2/c1-2-8(23)24-5-3-4-7(10(14,15)16)6-9(13,11(17,18)19)12(20,21)22/h2,7H,1,3-6H2. The first kappa shape index (κ1) is 22.5. The molecule has 1 unspecified atom stereocenters. The van der Waals surface area contributed by atoms with E-state index >= 15 is 0 Å². The third kappa shape index (κ3) is 5.86. The molecule has 0 heterocycles. The summed E-state index contributed by atoms with van der Waals surface area (Å²) >= 11 is 0. The van der Waals surface area contributed by atoms with Crippen molar-refractivity contribution in [3.8, 4) is 0 Å². The molecule has 0 spiro atoms. The molecule has 12 heteroatoms. The molecule has 0 aromatic carbocycles. The van der Waals surface area contributed by atoms with E-state index in [1.165, 1.54) is 0 Å². The lowest BCUT2D eigenvalue weighted by Gasteiger charge is -2.33. The van der Waals surface area contributed by atoms with Crippen molar-refractivity contribution in [3.63, 3.8) is 0 Å². The van der Waals surface area contributed by atoms with Crippen molar-refractivity contribution in [3.05, 3.63) is 12.7 Å². The number of rotatable bonds is 7. The number of carbonyl (C=O) groups is 1. The summed E-state index contributed by atoms with van der Waals surface area (Å²) in [6, 6.07) is 0. The van der Waals surface area contributed by atoms with E-state index in [-0.39, 0.29) is 0 Å². The molecule has 0 aliphatic carbocycles. The van der Waals surface area contributed by atoms with E-state index in [2.05, 4.69) is 11.3 Å². The molecular formula is C12H12F10O2. The molecule has 0 fully saturated rings. The van der Waals surface area contributed by atoms with Crippen LogP contribution in [0.2, 0.25) is 0 Å². The fourth-order valence-electron chi connectivity index (χ4n) is 1.67. The summed E-state index contributed by atoms with van der Waals surface area (Å²) < 4.78 is 130. The predicted molar refractivity (Wildman–Crippen MR) is 60.5 cm³/mol. The Morgan fingerprint density at radius 3 is 1.75 bits per heavy atom. The first-order valence-electron chi connectivity index (χ1n) is 6.24.